The van der Waals surface area contributed by atoms with E-state index in [1.54, 1.807) is 24.3 Å². The van der Waals surface area contributed by atoms with Gasteiger partial charge in [-0.15, -0.1) is 0 Å². The Labute approximate surface area is 190 Å². The lowest BCUT2D eigenvalue weighted by Gasteiger charge is -2.38. The number of amides is 1. The van der Waals surface area contributed by atoms with Gasteiger partial charge in [-0.25, -0.2) is 0 Å². The Morgan fingerprint density at radius 3 is 2.36 bits per heavy atom. The summed E-state index contributed by atoms with van der Waals surface area (Å²) in [5.41, 5.74) is 1.63. The highest BCUT2D eigenvalue weighted by Gasteiger charge is 2.42. The Kier molecular flexibility index (Phi) is 6.04. The minimum absolute atomic E-state index is 0.0392. The normalized spacial score (nSPS) is 18.2. The van der Waals surface area contributed by atoms with E-state index in [1.165, 1.54) is 38.4 Å². The van der Waals surface area contributed by atoms with Crippen molar-refractivity contribution in [2.24, 2.45) is 0 Å². The monoisotopic (exact) mass is 452 g/mol. The molecule has 1 unspecified atom stereocenters. The van der Waals surface area contributed by atoms with Crippen LogP contribution >= 0.6 is 0 Å². The SMILES string of the molecule is COc1ccc(C2CC(=O)N(c3ccccc3[N+](=O)[O-])C3=C2C(=O)CCC3)c(OC)c1OC. The highest BCUT2D eigenvalue weighted by molar-refractivity contribution is 6.08. The van der Waals surface area contributed by atoms with E-state index >= 15 is 0 Å². The minimum Gasteiger partial charge on any atom is -0.493 e. The number of hydrogen-bond donors (Lipinski definition) is 0. The molecule has 33 heavy (non-hydrogen) atoms. The molecule has 0 radical (unpaired) electrons. The summed E-state index contributed by atoms with van der Waals surface area (Å²) in [5.74, 6) is 0.268. The smallest absolute Gasteiger partial charge is 0.293 e. The van der Waals surface area contributed by atoms with E-state index in [4.69, 9.17) is 14.2 Å². The third kappa shape index (κ3) is 3.69. The van der Waals surface area contributed by atoms with E-state index in [0.717, 1.165) is 0 Å². The molecular formula is C24H24N2O7. The van der Waals surface area contributed by atoms with Crippen LogP contribution in [0, 0.1) is 10.1 Å². The number of benzene rings is 2. The van der Waals surface area contributed by atoms with Gasteiger partial charge < -0.3 is 14.2 Å². The van der Waals surface area contributed by atoms with Gasteiger partial charge in [-0.2, -0.15) is 0 Å². The third-order valence-electron chi connectivity index (χ3n) is 6.10. The molecule has 1 aliphatic carbocycles. The van der Waals surface area contributed by atoms with Crippen LogP contribution in [0.25, 0.3) is 0 Å². The number of nitro benzene ring substituents is 1. The van der Waals surface area contributed by atoms with E-state index in [-0.39, 0.29) is 29.5 Å². The maximum absolute atomic E-state index is 13.5. The highest BCUT2D eigenvalue weighted by atomic mass is 16.6. The first-order valence-corrected chi connectivity index (χ1v) is 10.5. The lowest BCUT2D eigenvalue weighted by atomic mass is 9.76. The number of allylic oxidation sites excluding steroid dienone is 2. The maximum atomic E-state index is 13.5. The van der Waals surface area contributed by atoms with Gasteiger partial charge in [0, 0.05) is 41.7 Å². The number of ketones is 1. The van der Waals surface area contributed by atoms with Crippen molar-refractivity contribution in [1.82, 2.24) is 0 Å². The van der Waals surface area contributed by atoms with Gasteiger partial charge >= 0.3 is 0 Å². The fraction of sp³-hybridized carbons (Fsp3) is 0.333. The molecule has 4 rings (SSSR count). The second-order valence-electron chi connectivity index (χ2n) is 7.79. The van der Waals surface area contributed by atoms with E-state index in [0.29, 0.717) is 53.3 Å². The Morgan fingerprint density at radius 1 is 0.970 bits per heavy atom. The first-order chi connectivity index (χ1) is 15.9. The van der Waals surface area contributed by atoms with Crippen molar-refractivity contribution >= 4 is 23.1 Å². The molecule has 0 saturated heterocycles. The van der Waals surface area contributed by atoms with Gasteiger partial charge in [0.1, 0.15) is 5.69 Å². The molecule has 0 saturated carbocycles. The molecule has 1 amide bonds. The largest absolute Gasteiger partial charge is 0.493 e. The Balaban J connectivity index is 1.93. The summed E-state index contributed by atoms with van der Waals surface area (Å²) in [5, 5.41) is 11.6. The molecule has 0 aromatic heterocycles. The summed E-state index contributed by atoms with van der Waals surface area (Å²) in [6, 6.07) is 9.57. The molecule has 2 aromatic rings. The number of carbonyl (C=O) groups excluding carboxylic acids is 2. The number of nitrogens with zero attached hydrogens (tertiary/aromatic N) is 2. The van der Waals surface area contributed by atoms with Crippen molar-refractivity contribution < 1.29 is 28.7 Å². The summed E-state index contributed by atoms with van der Waals surface area (Å²) in [7, 11) is 4.49. The van der Waals surface area contributed by atoms with Crippen molar-refractivity contribution in [2.45, 2.75) is 31.6 Å². The summed E-state index contributed by atoms with van der Waals surface area (Å²) in [4.78, 5) is 39.1. The van der Waals surface area contributed by atoms with Gasteiger partial charge in [-0.05, 0) is 25.0 Å². The van der Waals surface area contributed by atoms with Crippen LogP contribution in [0.4, 0.5) is 11.4 Å². The van der Waals surface area contributed by atoms with E-state index in [1.807, 2.05) is 0 Å². The number of rotatable bonds is 6. The van der Waals surface area contributed by atoms with Crippen LogP contribution in [0.15, 0.2) is 47.7 Å². The molecule has 0 fully saturated rings. The van der Waals surface area contributed by atoms with Crippen molar-refractivity contribution in [3.63, 3.8) is 0 Å². The van der Waals surface area contributed by atoms with Crippen LogP contribution in [0.5, 0.6) is 17.2 Å². The first-order valence-electron chi connectivity index (χ1n) is 10.5. The Morgan fingerprint density at radius 2 is 1.70 bits per heavy atom. The summed E-state index contributed by atoms with van der Waals surface area (Å²) in [6.07, 6.45) is 1.34. The lowest BCUT2D eigenvalue weighted by Crippen LogP contribution is -2.40. The fourth-order valence-electron chi connectivity index (χ4n) is 4.74. The van der Waals surface area contributed by atoms with Crippen LogP contribution in [-0.4, -0.2) is 37.9 Å². The summed E-state index contributed by atoms with van der Waals surface area (Å²) < 4.78 is 16.5. The average molecular weight is 452 g/mol. The number of hydrogen-bond acceptors (Lipinski definition) is 7. The Hall–Kier alpha value is -3.88. The number of anilines is 1. The number of Topliss-reactive ketones (excluding diaryl/α,β-unsaturated/α-hetero) is 1. The standard InChI is InChI=1S/C24H24N2O7/c1-31-20-12-11-14(23(32-2)24(20)33-3)15-13-21(28)25(18-9-6-10-19(27)22(15)18)16-7-4-5-8-17(16)26(29)30/h4-5,7-8,11-12,15H,6,9-10,13H2,1-3H3. The molecule has 1 aliphatic heterocycles. The van der Waals surface area contributed by atoms with E-state index in [2.05, 4.69) is 0 Å². The molecule has 2 aliphatic rings. The maximum Gasteiger partial charge on any atom is 0.293 e. The first kappa shape index (κ1) is 22.3. The molecule has 1 atom stereocenters. The van der Waals surface area contributed by atoms with Gasteiger partial charge in [0.2, 0.25) is 11.7 Å². The van der Waals surface area contributed by atoms with Crippen molar-refractivity contribution in [3.05, 3.63) is 63.3 Å². The molecule has 0 spiro atoms. The van der Waals surface area contributed by atoms with Gasteiger partial charge in [-0.1, -0.05) is 18.2 Å². The minimum atomic E-state index is -0.561. The zero-order valence-corrected chi connectivity index (χ0v) is 18.6. The number of ether oxygens (including phenoxy) is 3. The number of methoxy groups -OCH3 is 3. The topological polar surface area (TPSA) is 108 Å². The predicted molar refractivity (Wildman–Crippen MR) is 120 cm³/mol. The molecule has 9 nitrogen and oxygen atoms in total. The molecule has 0 N–H and O–H groups in total. The molecule has 1 heterocycles. The molecule has 172 valence electrons. The second kappa shape index (κ2) is 8.93. The third-order valence-corrected chi connectivity index (χ3v) is 6.10. The quantitative estimate of drug-likeness (QED) is 0.478. The van der Waals surface area contributed by atoms with Gasteiger partial charge in [-0.3, -0.25) is 24.6 Å². The second-order valence-corrected chi connectivity index (χ2v) is 7.79. The number of para-hydroxylation sites is 2. The molecule has 2 aromatic carbocycles. The zero-order valence-electron chi connectivity index (χ0n) is 18.6. The van der Waals surface area contributed by atoms with Gasteiger partial charge in [0.25, 0.3) is 5.69 Å². The van der Waals surface area contributed by atoms with Crippen LogP contribution in [-0.2, 0) is 9.59 Å². The van der Waals surface area contributed by atoms with Crippen LogP contribution in [0.1, 0.15) is 37.2 Å². The summed E-state index contributed by atoms with van der Waals surface area (Å²) in [6.45, 7) is 0. The predicted octanol–water partition coefficient (Wildman–Crippen LogP) is 4.15. The fourth-order valence-corrected chi connectivity index (χ4v) is 4.74. The molecular weight excluding hydrogens is 428 g/mol. The summed E-state index contributed by atoms with van der Waals surface area (Å²) >= 11 is 0. The van der Waals surface area contributed by atoms with Crippen molar-refractivity contribution in [2.75, 3.05) is 26.2 Å². The molecule has 0 bridgehead atoms. The number of carbonyl (C=O) groups is 2. The van der Waals surface area contributed by atoms with E-state index < -0.39 is 10.8 Å². The van der Waals surface area contributed by atoms with Crippen LogP contribution in [0.2, 0.25) is 0 Å². The lowest BCUT2D eigenvalue weighted by molar-refractivity contribution is -0.384. The van der Waals surface area contributed by atoms with Crippen molar-refractivity contribution in [1.29, 1.82) is 0 Å². The van der Waals surface area contributed by atoms with Crippen LogP contribution in [0.3, 0.4) is 0 Å². The average Bonchev–Trinajstić information content (AvgIpc) is 2.82. The van der Waals surface area contributed by atoms with Crippen LogP contribution < -0.4 is 19.1 Å². The highest BCUT2D eigenvalue weighted by Crippen LogP contribution is 2.50. The van der Waals surface area contributed by atoms with E-state index in [9.17, 15) is 19.7 Å². The number of nitro groups is 1. The van der Waals surface area contributed by atoms with Gasteiger partial charge in [0.05, 0.1) is 26.3 Å². The van der Waals surface area contributed by atoms with Crippen molar-refractivity contribution in [3.8, 4) is 17.2 Å². The van der Waals surface area contributed by atoms with Gasteiger partial charge in [0.15, 0.2) is 17.3 Å². The molecule has 9 heteroatoms. The Bertz CT molecular complexity index is 1170. The zero-order chi connectivity index (χ0) is 23.7.